The van der Waals surface area contributed by atoms with Gasteiger partial charge in [-0.3, -0.25) is 9.59 Å². The summed E-state index contributed by atoms with van der Waals surface area (Å²) in [6.45, 7) is 7.27. The van der Waals surface area contributed by atoms with E-state index >= 15 is 0 Å². The van der Waals surface area contributed by atoms with Crippen molar-refractivity contribution in [1.82, 2.24) is 4.90 Å². The number of rotatable bonds is 2. The van der Waals surface area contributed by atoms with Crippen molar-refractivity contribution in [3.8, 4) is 5.75 Å². The second-order valence-corrected chi connectivity index (χ2v) is 8.15. The summed E-state index contributed by atoms with van der Waals surface area (Å²) in [6.07, 6.45) is 2.61. The molecule has 0 aromatic heterocycles. The lowest BCUT2D eigenvalue weighted by atomic mass is 9.81. The molecule has 3 rings (SSSR count). The largest absolute Gasteiger partial charge is 0.486 e. The van der Waals surface area contributed by atoms with Gasteiger partial charge in [-0.2, -0.15) is 0 Å². The predicted octanol–water partition coefficient (Wildman–Crippen LogP) is 3.80. The second kappa shape index (κ2) is 6.51. The molecule has 0 radical (unpaired) electrons. The lowest BCUT2D eigenvalue weighted by Crippen LogP contribution is -2.53. The van der Waals surface area contributed by atoms with Gasteiger partial charge in [0.1, 0.15) is 11.4 Å². The Kier molecular flexibility index (Phi) is 4.73. The number of alkyl halides is 1. The highest BCUT2D eigenvalue weighted by Gasteiger charge is 2.44. The van der Waals surface area contributed by atoms with Crippen molar-refractivity contribution in [2.45, 2.75) is 56.9 Å². The highest BCUT2D eigenvalue weighted by Crippen LogP contribution is 2.41. The summed E-state index contributed by atoms with van der Waals surface area (Å²) in [6, 6.07) is 3.99. The third-order valence-electron chi connectivity index (χ3n) is 5.14. The maximum absolute atomic E-state index is 12.7. The Morgan fingerprint density at radius 3 is 2.62 bits per heavy atom. The van der Waals surface area contributed by atoms with E-state index in [2.05, 4.69) is 15.9 Å². The maximum Gasteiger partial charge on any atom is 0.236 e. The van der Waals surface area contributed by atoms with Crippen molar-refractivity contribution in [2.75, 3.05) is 13.1 Å². The van der Waals surface area contributed by atoms with E-state index in [0.29, 0.717) is 32.4 Å². The fraction of sp³-hybridized carbons (Fsp3) is 0.579. The van der Waals surface area contributed by atoms with Gasteiger partial charge in [-0.25, -0.2) is 0 Å². The average molecular weight is 394 g/mol. The summed E-state index contributed by atoms with van der Waals surface area (Å²) < 4.78 is 6.34. The number of carbonyl (C=O) groups is 2. The number of benzene rings is 1. The summed E-state index contributed by atoms with van der Waals surface area (Å²) in [5.41, 5.74) is 2.38. The van der Waals surface area contributed by atoms with Gasteiger partial charge in [-0.15, -0.1) is 0 Å². The number of likely N-dealkylation sites (tertiary alicyclic amines) is 1. The van der Waals surface area contributed by atoms with Gasteiger partial charge in [0.05, 0.1) is 16.8 Å². The van der Waals surface area contributed by atoms with Crippen LogP contribution in [0.1, 0.15) is 54.1 Å². The highest BCUT2D eigenvalue weighted by atomic mass is 79.9. The van der Waals surface area contributed by atoms with Gasteiger partial charge in [0.15, 0.2) is 5.78 Å². The number of hydrogen-bond acceptors (Lipinski definition) is 3. The zero-order valence-electron chi connectivity index (χ0n) is 14.5. The van der Waals surface area contributed by atoms with Crippen LogP contribution >= 0.6 is 15.9 Å². The van der Waals surface area contributed by atoms with Crippen LogP contribution in [-0.4, -0.2) is 40.1 Å². The van der Waals surface area contributed by atoms with Gasteiger partial charge in [-0.05, 0) is 37.5 Å². The first-order valence-electron chi connectivity index (χ1n) is 8.61. The molecule has 1 fully saturated rings. The molecule has 1 unspecified atom stereocenters. The molecule has 2 aliphatic heterocycles. The van der Waals surface area contributed by atoms with Gasteiger partial charge in [0, 0.05) is 25.9 Å². The Bertz CT molecular complexity index is 677. The molecule has 0 saturated carbocycles. The fourth-order valence-corrected chi connectivity index (χ4v) is 4.09. The van der Waals surface area contributed by atoms with Crippen molar-refractivity contribution in [3.63, 3.8) is 0 Å². The molecular formula is C19H24BrNO3. The number of amides is 1. The Morgan fingerprint density at radius 1 is 1.33 bits per heavy atom. The minimum atomic E-state index is -0.449. The number of halogens is 1. The van der Waals surface area contributed by atoms with E-state index in [0.717, 1.165) is 28.9 Å². The van der Waals surface area contributed by atoms with E-state index in [9.17, 15) is 9.59 Å². The van der Waals surface area contributed by atoms with Crippen LogP contribution < -0.4 is 4.74 Å². The first kappa shape index (κ1) is 17.5. The van der Waals surface area contributed by atoms with E-state index in [4.69, 9.17) is 4.74 Å². The van der Waals surface area contributed by atoms with Gasteiger partial charge in [-0.1, -0.05) is 28.9 Å². The average Bonchev–Trinajstić information content (AvgIpc) is 2.52. The van der Waals surface area contributed by atoms with Gasteiger partial charge >= 0.3 is 0 Å². The molecule has 24 heavy (non-hydrogen) atoms. The third-order valence-corrected chi connectivity index (χ3v) is 6.18. The van der Waals surface area contributed by atoms with Gasteiger partial charge < -0.3 is 9.64 Å². The SMILES string of the molecule is CCC(Br)C(=O)N1CCC2(CC1)CC(=O)c1c(C)cc(C)cc1O2. The van der Waals surface area contributed by atoms with Crippen molar-refractivity contribution >= 4 is 27.6 Å². The fourth-order valence-electron chi connectivity index (χ4n) is 3.80. The molecular weight excluding hydrogens is 370 g/mol. The van der Waals surface area contributed by atoms with Crippen LogP contribution in [0.4, 0.5) is 0 Å². The van der Waals surface area contributed by atoms with Crippen LogP contribution in [0.25, 0.3) is 0 Å². The molecule has 4 nitrogen and oxygen atoms in total. The summed E-state index contributed by atoms with van der Waals surface area (Å²) in [7, 11) is 0. The normalized spacial score (nSPS) is 20.5. The summed E-state index contributed by atoms with van der Waals surface area (Å²) in [5, 5.41) is 0. The zero-order chi connectivity index (χ0) is 17.5. The van der Waals surface area contributed by atoms with Crippen LogP contribution in [-0.2, 0) is 4.79 Å². The lowest BCUT2D eigenvalue weighted by molar-refractivity contribution is -0.134. The molecule has 0 bridgehead atoms. The van der Waals surface area contributed by atoms with Crippen molar-refractivity contribution in [2.24, 2.45) is 0 Å². The monoisotopic (exact) mass is 393 g/mol. The standard InChI is InChI=1S/C19H24BrNO3/c1-4-14(20)18(23)21-7-5-19(6-8-21)11-15(22)17-13(3)9-12(2)10-16(17)24-19/h9-10,14H,4-8,11H2,1-3H3. The van der Waals surface area contributed by atoms with Gasteiger partial charge in [0.25, 0.3) is 0 Å². The van der Waals surface area contributed by atoms with Crippen molar-refractivity contribution in [3.05, 3.63) is 28.8 Å². The first-order chi connectivity index (χ1) is 11.3. The van der Waals surface area contributed by atoms with Crippen LogP contribution in [0, 0.1) is 13.8 Å². The van der Waals surface area contributed by atoms with E-state index in [1.54, 1.807) is 0 Å². The number of carbonyl (C=O) groups excluding carboxylic acids is 2. The first-order valence-corrected chi connectivity index (χ1v) is 9.53. The van der Waals surface area contributed by atoms with Crippen molar-refractivity contribution < 1.29 is 14.3 Å². The van der Waals surface area contributed by atoms with Gasteiger partial charge in [0.2, 0.25) is 5.91 Å². The Hall–Kier alpha value is -1.36. The number of piperidine rings is 1. The Morgan fingerprint density at radius 2 is 2.00 bits per heavy atom. The topological polar surface area (TPSA) is 46.6 Å². The maximum atomic E-state index is 12.7. The number of aryl methyl sites for hydroxylation is 2. The second-order valence-electron chi connectivity index (χ2n) is 7.04. The quantitative estimate of drug-likeness (QED) is 0.717. The van der Waals surface area contributed by atoms with E-state index in [-0.39, 0.29) is 16.5 Å². The number of hydrogen-bond donors (Lipinski definition) is 0. The van der Waals surface area contributed by atoms with E-state index in [1.807, 2.05) is 37.8 Å². The smallest absolute Gasteiger partial charge is 0.236 e. The molecule has 1 atom stereocenters. The molecule has 1 spiro atoms. The van der Waals surface area contributed by atoms with Crippen LogP contribution in [0.2, 0.25) is 0 Å². The molecule has 2 heterocycles. The van der Waals surface area contributed by atoms with Crippen LogP contribution in [0.15, 0.2) is 12.1 Å². The predicted molar refractivity (Wildman–Crippen MR) is 97.0 cm³/mol. The molecule has 1 amide bonds. The number of nitrogens with zero attached hydrogens (tertiary/aromatic N) is 1. The highest BCUT2D eigenvalue weighted by molar-refractivity contribution is 9.10. The molecule has 2 aliphatic rings. The van der Waals surface area contributed by atoms with E-state index in [1.165, 1.54) is 0 Å². The molecule has 130 valence electrons. The number of ether oxygens (including phenoxy) is 1. The minimum Gasteiger partial charge on any atom is -0.486 e. The van der Waals surface area contributed by atoms with Crippen LogP contribution in [0.3, 0.4) is 0 Å². The summed E-state index contributed by atoms with van der Waals surface area (Å²) in [4.78, 5) is 26.8. The lowest BCUT2D eigenvalue weighted by Gasteiger charge is -2.44. The Balaban J connectivity index is 1.78. The third kappa shape index (κ3) is 3.10. The molecule has 1 saturated heterocycles. The molecule has 1 aromatic carbocycles. The molecule has 5 heteroatoms. The number of Topliss-reactive ketones (excluding diaryl/α,β-unsaturated/α-hetero) is 1. The summed E-state index contributed by atoms with van der Waals surface area (Å²) in [5.74, 6) is 1.03. The Labute approximate surface area is 151 Å². The minimum absolute atomic E-state index is 0.119. The van der Waals surface area contributed by atoms with Crippen LogP contribution in [0.5, 0.6) is 5.75 Å². The summed E-state index contributed by atoms with van der Waals surface area (Å²) >= 11 is 3.44. The van der Waals surface area contributed by atoms with E-state index < -0.39 is 5.60 Å². The molecule has 0 aliphatic carbocycles. The molecule has 1 aromatic rings. The number of ketones is 1. The molecule has 0 N–H and O–H groups in total. The number of fused-ring (bicyclic) bond motifs is 1. The zero-order valence-corrected chi connectivity index (χ0v) is 16.1. The van der Waals surface area contributed by atoms with Crippen molar-refractivity contribution in [1.29, 1.82) is 0 Å².